The van der Waals surface area contributed by atoms with Gasteiger partial charge in [0.05, 0.1) is 19.3 Å². The molecular weight excluding hydrogens is 469 g/mol. The first-order valence-corrected chi connectivity index (χ1v) is 11.2. The molecule has 4 atom stereocenters. The van der Waals surface area contributed by atoms with Crippen molar-refractivity contribution in [2.24, 2.45) is 22.2 Å². The second-order valence-corrected chi connectivity index (χ2v) is 8.72. The first kappa shape index (κ1) is 22.6. The summed E-state index contributed by atoms with van der Waals surface area (Å²) in [5.41, 5.74) is 0.365. The Hall–Kier alpha value is -0.120. The van der Waals surface area contributed by atoms with Crippen LogP contribution in [-0.2, 0) is 14.2 Å². The predicted molar refractivity (Wildman–Crippen MR) is 121 cm³/mol. The molecule has 2 saturated carbocycles. The minimum atomic E-state index is 0. The van der Waals surface area contributed by atoms with Gasteiger partial charge in [0.2, 0.25) is 0 Å². The lowest BCUT2D eigenvalue weighted by Crippen LogP contribution is -2.69. The summed E-state index contributed by atoms with van der Waals surface area (Å²) in [6.45, 7) is 8.15. The highest BCUT2D eigenvalue weighted by molar-refractivity contribution is 14.0. The van der Waals surface area contributed by atoms with Crippen LogP contribution in [0.1, 0.15) is 51.9 Å². The highest BCUT2D eigenvalue weighted by Crippen LogP contribution is 2.60. The SMILES string of the molecule is CCNC(=NCCCOCC1CCOC1)NC1C2CCOC2C12CCCC2.I. The van der Waals surface area contributed by atoms with E-state index in [1.54, 1.807) is 0 Å². The molecule has 0 radical (unpaired) electrons. The summed E-state index contributed by atoms with van der Waals surface area (Å²) in [7, 11) is 0. The van der Waals surface area contributed by atoms with Crippen LogP contribution in [0.3, 0.4) is 0 Å². The van der Waals surface area contributed by atoms with Crippen molar-refractivity contribution in [2.45, 2.75) is 64.0 Å². The second kappa shape index (κ2) is 10.8. The zero-order valence-corrected chi connectivity index (χ0v) is 19.6. The van der Waals surface area contributed by atoms with Crippen molar-refractivity contribution < 1.29 is 14.2 Å². The standard InChI is InChI=1S/C21H37N3O3.HI/c1-2-22-20(23-10-5-11-25-14-16-6-12-26-15-16)24-18-17-7-13-27-19(17)21(18)8-3-4-9-21;/h16-19H,2-15H2,1H3,(H2,22,23,24);1H. The molecule has 2 saturated heterocycles. The molecule has 0 bridgehead atoms. The Morgan fingerprint density at radius 2 is 2.07 bits per heavy atom. The van der Waals surface area contributed by atoms with E-state index in [1.807, 2.05) is 0 Å². The summed E-state index contributed by atoms with van der Waals surface area (Å²) in [5.74, 6) is 2.24. The summed E-state index contributed by atoms with van der Waals surface area (Å²) < 4.78 is 17.3. The maximum Gasteiger partial charge on any atom is 0.191 e. The minimum Gasteiger partial charge on any atom is -0.381 e. The van der Waals surface area contributed by atoms with E-state index in [2.05, 4.69) is 17.6 Å². The predicted octanol–water partition coefficient (Wildman–Crippen LogP) is 2.95. The zero-order valence-electron chi connectivity index (χ0n) is 17.3. The lowest BCUT2D eigenvalue weighted by molar-refractivity contribution is -0.125. The molecule has 0 aromatic carbocycles. The number of hydrogen-bond donors (Lipinski definition) is 2. The minimum absolute atomic E-state index is 0. The van der Waals surface area contributed by atoms with Gasteiger partial charge in [-0.1, -0.05) is 12.8 Å². The van der Waals surface area contributed by atoms with Gasteiger partial charge in [-0.25, -0.2) is 0 Å². The van der Waals surface area contributed by atoms with Crippen LogP contribution >= 0.6 is 24.0 Å². The number of rotatable bonds is 8. The number of guanidine groups is 1. The lowest BCUT2D eigenvalue weighted by atomic mass is 9.54. The van der Waals surface area contributed by atoms with Gasteiger partial charge in [0, 0.05) is 56.2 Å². The molecule has 28 heavy (non-hydrogen) atoms. The van der Waals surface area contributed by atoms with Crippen LogP contribution in [0.5, 0.6) is 0 Å². The summed E-state index contributed by atoms with van der Waals surface area (Å²) in [6, 6.07) is 0.531. The van der Waals surface area contributed by atoms with E-state index in [4.69, 9.17) is 19.2 Å². The van der Waals surface area contributed by atoms with Crippen molar-refractivity contribution in [1.29, 1.82) is 0 Å². The van der Waals surface area contributed by atoms with Crippen LogP contribution in [0.2, 0.25) is 0 Å². The number of hydrogen-bond acceptors (Lipinski definition) is 4. The van der Waals surface area contributed by atoms with Crippen molar-refractivity contribution >= 4 is 29.9 Å². The average molecular weight is 507 g/mol. The van der Waals surface area contributed by atoms with E-state index in [0.29, 0.717) is 29.4 Å². The van der Waals surface area contributed by atoms with E-state index < -0.39 is 0 Å². The van der Waals surface area contributed by atoms with Gasteiger partial charge in [0.25, 0.3) is 0 Å². The molecule has 0 aromatic heterocycles. The quantitative estimate of drug-likeness (QED) is 0.229. The van der Waals surface area contributed by atoms with Crippen LogP contribution in [0.25, 0.3) is 0 Å². The van der Waals surface area contributed by atoms with Crippen LogP contribution in [-0.4, -0.2) is 64.2 Å². The molecule has 162 valence electrons. The second-order valence-electron chi connectivity index (χ2n) is 8.72. The lowest BCUT2D eigenvalue weighted by Gasteiger charge is -2.57. The van der Waals surface area contributed by atoms with Crippen LogP contribution in [0.15, 0.2) is 4.99 Å². The molecule has 0 amide bonds. The molecule has 4 rings (SSSR count). The Kier molecular flexibility index (Phi) is 8.68. The van der Waals surface area contributed by atoms with Gasteiger partial charge >= 0.3 is 0 Å². The summed E-state index contributed by atoms with van der Waals surface area (Å²) in [5, 5.41) is 7.24. The summed E-state index contributed by atoms with van der Waals surface area (Å²) in [6.07, 6.45) is 9.12. The Morgan fingerprint density at radius 1 is 1.21 bits per heavy atom. The molecule has 2 aliphatic heterocycles. The van der Waals surface area contributed by atoms with Crippen LogP contribution in [0, 0.1) is 17.3 Å². The fourth-order valence-electron chi connectivity index (χ4n) is 5.69. The normalized spacial score (nSPS) is 33.4. The molecule has 4 aliphatic rings. The number of aliphatic imine (C=N–C) groups is 1. The molecule has 6 nitrogen and oxygen atoms in total. The Bertz CT molecular complexity index is 507. The van der Waals surface area contributed by atoms with Crippen molar-refractivity contribution in [3.8, 4) is 0 Å². The van der Waals surface area contributed by atoms with Gasteiger partial charge in [-0.15, -0.1) is 24.0 Å². The fourth-order valence-corrected chi connectivity index (χ4v) is 5.69. The molecular formula is C21H38IN3O3. The van der Waals surface area contributed by atoms with E-state index in [9.17, 15) is 0 Å². The van der Waals surface area contributed by atoms with Crippen molar-refractivity contribution in [3.05, 3.63) is 0 Å². The molecule has 2 aliphatic carbocycles. The van der Waals surface area contributed by atoms with Crippen molar-refractivity contribution in [3.63, 3.8) is 0 Å². The number of halogens is 1. The topological polar surface area (TPSA) is 64.1 Å². The van der Waals surface area contributed by atoms with Crippen molar-refractivity contribution in [1.82, 2.24) is 10.6 Å². The molecule has 2 N–H and O–H groups in total. The maximum absolute atomic E-state index is 6.10. The summed E-state index contributed by atoms with van der Waals surface area (Å²) >= 11 is 0. The van der Waals surface area contributed by atoms with Crippen molar-refractivity contribution in [2.75, 3.05) is 46.1 Å². The molecule has 2 heterocycles. The van der Waals surface area contributed by atoms with Crippen LogP contribution < -0.4 is 10.6 Å². The van der Waals surface area contributed by atoms with Gasteiger partial charge in [-0.2, -0.15) is 0 Å². The zero-order chi connectivity index (χ0) is 18.5. The third-order valence-electron chi connectivity index (χ3n) is 7.02. The smallest absolute Gasteiger partial charge is 0.191 e. The maximum atomic E-state index is 6.10. The third kappa shape index (κ3) is 4.78. The monoisotopic (exact) mass is 507 g/mol. The summed E-state index contributed by atoms with van der Waals surface area (Å²) in [4.78, 5) is 4.82. The number of ether oxygens (including phenoxy) is 3. The highest BCUT2D eigenvalue weighted by Gasteiger charge is 2.65. The van der Waals surface area contributed by atoms with E-state index in [-0.39, 0.29) is 24.0 Å². The molecule has 0 aromatic rings. The number of nitrogens with one attached hydrogen (secondary N) is 2. The van der Waals surface area contributed by atoms with Crippen LogP contribution in [0.4, 0.5) is 0 Å². The number of nitrogens with zero attached hydrogens (tertiary/aromatic N) is 1. The van der Waals surface area contributed by atoms with E-state index in [0.717, 1.165) is 64.9 Å². The van der Waals surface area contributed by atoms with E-state index >= 15 is 0 Å². The van der Waals surface area contributed by atoms with Gasteiger partial charge in [-0.3, -0.25) is 4.99 Å². The Labute approximate surface area is 186 Å². The highest BCUT2D eigenvalue weighted by atomic mass is 127. The van der Waals surface area contributed by atoms with Gasteiger partial charge in [0.1, 0.15) is 0 Å². The molecule has 4 fully saturated rings. The fraction of sp³-hybridized carbons (Fsp3) is 0.952. The largest absolute Gasteiger partial charge is 0.381 e. The first-order chi connectivity index (χ1) is 13.3. The first-order valence-electron chi connectivity index (χ1n) is 11.2. The van der Waals surface area contributed by atoms with Gasteiger partial charge in [0.15, 0.2) is 5.96 Å². The number of fused-ring (bicyclic) bond motifs is 2. The van der Waals surface area contributed by atoms with E-state index in [1.165, 1.54) is 32.1 Å². The van der Waals surface area contributed by atoms with Gasteiger partial charge in [-0.05, 0) is 39.0 Å². The molecule has 7 heteroatoms. The molecule has 1 spiro atoms. The Balaban J connectivity index is 0.00000225. The van der Waals surface area contributed by atoms with Gasteiger partial charge < -0.3 is 24.8 Å². The Morgan fingerprint density at radius 3 is 2.82 bits per heavy atom. The third-order valence-corrected chi connectivity index (χ3v) is 7.02. The average Bonchev–Trinajstić information content (AvgIpc) is 3.42. The molecule has 4 unspecified atom stereocenters.